The highest BCUT2D eigenvalue weighted by atomic mass is 127. The van der Waals surface area contributed by atoms with E-state index < -0.39 is 21.3 Å². The number of benzene rings is 2. The predicted octanol–water partition coefficient (Wildman–Crippen LogP) is 2.74. The SMILES string of the molecule is CC1(C)C2CCC1(CS(=O)(=O)[O-])C(=O)C2.CCC(C)(C)c1ccc([I+]c2ccc(C)cc2)cc1. The van der Waals surface area contributed by atoms with Crippen LogP contribution in [-0.2, 0) is 20.3 Å². The number of ketones is 1. The van der Waals surface area contributed by atoms with Crippen molar-refractivity contribution in [3.63, 3.8) is 0 Å². The van der Waals surface area contributed by atoms with Crippen molar-refractivity contribution in [2.45, 2.75) is 72.6 Å². The molecule has 4 nitrogen and oxygen atoms in total. The normalized spacial score (nSPS) is 23.5. The van der Waals surface area contributed by atoms with Crippen molar-refractivity contribution in [1.82, 2.24) is 0 Å². The highest BCUT2D eigenvalue weighted by Crippen LogP contribution is 2.64. The molecule has 2 atom stereocenters. The van der Waals surface area contributed by atoms with E-state index in [1.165, 1.54) is 24.7 Å². The first-order valence-electron chi connectivity index (χ1n) is 12.0. The number of halogens is 1. The van der Waals surface area contributed by atoms with E-state index in [2.05, 4.69) is 76.2 Å². The number of fused-ring (bicyclic) bond motifs is 2. The maximum absolute atomic E-state index is 11.8. The Bertz CT molecular complexity index is 1120. The molecular formula is C28H37IO4S. The number of aryl methyl sites for hydroxylation is 1. The van der Waals surface area contributed by atoms with Gasteiger partial charge in [0.05, 0.1) is 15.9 Å². The average molecular weight is 597 g/mol. The molecule has 2 fully saturated rings. The molecule has 2 aromatic rings. The van der Waals surface area contributed by atoms with Crippen molar-refractivity contribution in [3.8, 4) is 0 Å². The van der Waals surface area contributed by atoms with Crippen LogP contribution in [0, 0.1) is 30.8 Å². The van der Waals surface area contributed by atoms with Crippen LogP contribution in [-0.4, -0.2) is 24.5 Å². The van der Waals surface area contributed by atoms with Crippen molar-refractivity contribution in [2.75, 3.05) is 5.75 Å². The van der Waals surface area contributed by atoms with Crippen molar-refractivity contribution in [3.05, 3.63) is 66.8 Å². The number of carbonyl (C=O) groups is 1. The summed E-state index contributed by atoms with van der Waals surface area (Å²) in [5.41, 5.74) is 1.86. The summed E-state index contributed by atoms with van der Waals surface area (Å²) in [5.74, 6) is -0.280. The van der Waals surface area contributed by atoms with E-state index in [1.54, 1.807) is 0 Å². The highest BCUT2D eigenvalue weighted by Gasteiger charge is 2.64. The average Bonchev–Trinajstić information content (AvgIpc) is 3.09. The topological polar surface area (TPSA) is 74.3 Å². The molecule has 186 valence electrons. The van der Waals surface area contributed by atoms with E-state index in [9.17, 15) is 17.8 Å². The van der Waals surface area contributed by atoms with Crippen LogP contribution < -0.4 is 21.2 Å². The Morgan fingerprint density at radius 3 is 1.97 bits per heavy atom. The van der Waals surface area contributed by atoms with Gasteiger partial charge < -0.3 is 4.55 Å². The number of carbonyl (C=O) groups excluding carboxylic acids is 1. The molecule has 34 heavy (non-hydrogen) atoms. The zero-order valence-corrected chi connectivity index (χ0v) is 24.1. The van der Waals surface area contributed by atoms with Gasteiger partial charge in [-0.15, -0.1) is 0 Å². The van der Waals surface area contributed by atoms with Crippen LogP contribution in [0.2, 0.25) is 0 Å². The van der Waals surface area contributed by atoms with E-state index in [1.807, 2.05) is 13.8 Å². The summed E-state index contributed by atoms with van der Waals surface area (Å²) in [4.78, 5) is 11.8. The fourth-order valence-electron chi connectivity index (χ4n) is 5.30. The van der Waals surface area contributed by atoms with Crippen LogP contribution in [0.25, 0.3) is 0 Å². The maximum atomic E-state index is 11.8. The minimum atomic E-state index is -4.33. The fraction of sp³-hybridized carbons (Fsp3) is 0.536. The Morgan fingerprint density at radius 1 is 1.03 bits per heavy atom. The van der Waals surface area contributed by atoms with Gasteiger partial charge >= 0.3 is 21.2 Å². The van der Waals surface area contributed by atoms with Gasteiger partial charge in [-0.05, 0) is 72.8 Å². The first-order chi connectivity index (χ1) is 15.7. The minimum absolute atomic E-state index is 0.0248. The number of hydrogen-bond acceptors (Lipinski definition) is 4. The summed E-state index contributed by atoms with van der Waals surface area (Å²) in [7, 11) is -4.33. The number of hydrogen-bond donors (Lipinski definition) is 0. The molecule has 0 aliphatic heterocycles. The van der Waals surface area contributed by atoms with Crippen molar-refractivity contribution in [1.29, 1.82) is 0 Å². The zero-order valence-electron chi connectivity index (χ0n) is 21.2. The largest absolute Gasteiger partial charge is 0.748 e. The van der Waals surface area contributed by atoms with Gasteiger partial charge in [0, 0.05) is 11.8 Å². The smallest absolute Gasteiger partial charge is 0.357 e. The van der Waals surface area contributed by atoms with Crippen LogP contribution in [0.1, 0.15) is 71.4 Å². The quantitative estimate of drug-likeness (QED) is 0.380. The summed E-state index contributed by atoms with van der Waals surface area (Å²) in [6.07, 6.45) is 3.06. The monoisotopic (exact) mass is 596 g/mol. The Morgan fingerprint density at radius 2 is 1.56 bits per heavy atom. The summed E-state index contributed by atoms with van der Waals surface area (Å²) in [6, 6.07) is 18.2. The van der Waals surface area contributed by atoms with E-state index in [4.69, 9.17) is 0 Å². The second-order valence-electron chi connectivity index (χ2n) is 11.0. The van der Waals surface area contributed by atoms with Crippen LogP contribution in [0.5, 0.6) is 0 Å². The summed E-state index contributed by atoms with van der Waals surface area (Å²) in [5, 5.41) is 0. The number of Topliss-reactive ketones (excluding diaryl/α,β-unsaturated/α-hetero) is 1. The molecule has 2 saturated carbocycles. The minimum Gasteiger partial charge on any atom is -0.748 e. The Hall–Kier alpha value is -1.25. The van der Waals surface area contributed by atoms with Crippen LogP contribution in [0.3, 0.4) is 0 Å². The molecule has 0 N–H and O–H groups in total. The van der Waals surface area contributed by atoms with Gasteiger partial charge in [0.1, 0.15) is 5.78 Å². The van der Waals surface area contributed by atoms with Gasteiger partial charge in [-0.1, -0.05) is 64.4 Å². The van der Waals surface area contributed by atoms with Crippen LogP contribution in [0.4, 0.5) is 0 Å². The molecule has 4 rings (SSSR count). The van der Waals surface area contributed by atoms with Crippen LogP contribution in [0.15, 0.2) is 48.5 Å². The molecule has 0 heterocycles. The van der Waals surface area contributed by atoms with Crippen LogP contribution >= 0.6 is 0 Å². The second kappa shape index (κ2) is 10.0. The summed E-state index contributed by atoms with van der Waals surface area (Å²) in [6.45, 7) is 12.9. The molecule has 0 aromatic heterocycles. The lowest BCUT2D eigenvalue weighted by atomic mass is 9.70. The van der Waals surface area contributed by atoms with E-state index in [0.717, 1.165) is 6.42 Å². The predicted molar refractivity (Wildman–Crippen MR) is 131 cm³/mol. The first-order valence-corrected chi connectivity index (χ1v) is 15.7. The molecular weight excluding hydrogens is 559 g/mol. The molecule has 2 bridgehead atoms. The third-order valence-electron chi connectivity index (χ3n) is 8.30. The van der Waals surface area contributed by atoms with Crippen molar-refractivity contribution >= 4 is 15.9 Å². The van der Waals surface area contributed by atoms with E-state index in [0.29, 0.717) is 18.3 Å². The third-order valence-corrected chi connectivity index (χ3v) is 11.8. The lowest BCUT2D eigenvalue weighted by molar-refractivity contribution is -0.597. The first kappa shape index (κ1) is 27.3. The van der Waals surface area contributed by atoms with Crippen molar-refractivity contribution in [2.24, 2.45) is 16.7 Å². The second-order valence-corrected chi connectivity index (χ2v) is 15.4. The van der Waals surface area contributed by atoms with E-state index in [-0.39, 0.29) is 38.3 Å². The Balaban J connectivity index is 0.000000196. The van der Waals surface area contributed by atoms with Gasteiger partial charge in [-0.2, -0.15) is 0 Å². The fourth-order valence-corrected chi connectivity index (χ4v) is 8.74. The highest BCUT2D eigenvalue weighted by molar-refractivity contribution is 7.85. The molecule has 2 unspecified atom stereocenters. The maximum Gasteiger partial charge on any atom is 0.357 e. The molecule has 2 aromatic carbocycles. The number of rotatable bonds is 6. The van der Waals surface area contributed by atoms with E-state index >= 15 is 0 Å². The molecule has 0 radical (unpaired) electrons. The molecule has 2 aliphatic carbocycles. The summed E-state index contributed by atoms with van der Waals surface area (Å²) < 4.78 is 35.7. The lowest BCUT2D eigenvalue weighted by Crippen LogP contribution is -3.61. The Kier molecular flexibility index (Phi) is 8.05. The standard InChI is InChI=1S/C18H22I.C10H16O4S/c1-5-18(3,4)15-8-12-17(13-9-15)19-16-10-6-14(2)7-11-16;1-9(2)7-3-4-10(9,8(11)5-7)6-15(12,13)14/h6-13H,5H2,1-4H3;7H,3-6H2,1-2H3,(H,12,13,14)/q+1;/p-1. The van der Waals surface area contributed by atoms with Crippen molar-refractivity contribution < 1.29 is 39.0 Å². The van der Waals surface area contributed by atoms with Gasteiger partial charge in [-0.3, -0.25) is 4.79 Å². The molecule has 2 aliphatic rings. The van der Waals surface area contributed by atoms with Gasteiger partial charge in [0.2, 0.25) is 0 Å². The third kappa shape index (κ3) is 5.76. The zero-order chi connectivity index (χ0) is 25.4. The summed E-state index contributed by atoms with van der Waals surface area (Å²) >= 11 is -0.0381. The Labute approximate surface area is 215 Å². The van der Waals surface area contributed by atoms with Gasteiger partial charge in [0.15, 0.2) is 7.14 Å². The van der Waals surface area contributed by atoms with Gasteiger partial charge in [-0.25, -0.2) is 8.42 Å². The molecule has 0 saturated heterocycles. The lowest BCUT2D eigenvalue weighted by Gasteiger charge is -2.37. The molecule has 0 amide bonds. The molecule has 6 heteroatoms. The van der Waals surface area contributed by atoms with Gasteiger partial charge in [0.25, 0.3) is 0 Å². The molecule has 0 spiro atoms.